The maximum Gasteiger partial charge on any atom is 0.237 e. The lowest BCUT2D eigenvalue weighted by molar-refractivity contribution is -0.116. The third-order valence-corrected chi connectivity index (χ3v) is 7.12. The molecule has 0 fully saturated rings. The van der Waals surface area contributed by atoms with Gasteiger partial charge in [0.25, 0.3) is 0 Å². The van der Waals surface area contributed by atoms with Crippen LogP contribution in [0.25, 0.3) is 0 Å². The van der Waals surface area contributed by atoms with Crippen molar-refractivity contribution in [2.45, 2.75) is 32.1 Å². The lowest BCUT2D eigenvalue weighted by atomic mass is 10.2. The van der Waals surface area contributed by atoms with E-state index in [1.165, 1.54) is 11.8 Å². The molecule has 1 aromatic carbocycles. The van der Waals surface area contributed by atoms with Crippen LogP contribution in [0.15, 0.2) is 40.9 Å². The Hall–Kier alpha value is -2.49. The molecule has 0 N–H and O–H groups in total. The number of thiophene rings is 1. The molecule has 32 heavy (non-hydrogen) atoms. The number of imidazole rings is 1. The molecule has 3 aromatic rings. The Morgan fingerprint density at radius 1 is 1.25 bits per heavy atom. The second kappa shape index (κ2) is 10.4. The van der Waals surface area contributed by atoms with Crippen molar-refractivity contribution in [1.82, 2.24) is 9.55 Å². The van der Waals surface area contributed by atoms with Crippen LogP contribution in [0.4, 0.5) is 5.69 Å². The topological polar surface area (TPSA) is 65.8 Å². The molecule has 4 rings (SSSR count). The first kappa shape index (κ1) is 22.7. The van der Waals surface area contributed by atoms with Gasteiger partial charge in [0, 0.05) is 36.0 Å². The number of thioether (sulfide) groups is 1. The van der Waals surface area contributed by atoms with Gasteiger partial charge >= 0.3 is 0 Å². The molecular weight excluding hydrogens is 446 g/mol. The molecule has 1 aliphatic heterocycles. The molecular formula is C23H27N3O4S2. The van der Waals surface area contributed by atoms with E-state index in [0.717, 1.165) is 27.1 Å². The fraction of sp³-hybridized carbons (Fsp3) is 0.391. The number of nitrogens with zero attached hydrogens (tertiary/aromatic N) is 3. The second-order valence-electron chi connectivity index (χ2n) is 7.39. The predicted octanol–water partition coefficient (Wildman–Crippen LogP) is 4.30. The van der Waals surface area contributed by atoms with Gasteiger partial charge in [-0.25, -0.2) is 4.98 Å². The van der Waals surface area contributed by atoms with Crippen molar-refractivity contribution in [3.63, 3.8) is 0 Å². The van der Waals surface area contributed by atoms with Crippen molar-refractivity contribution >= 4 is 34.7 Å². The van der Waals surface area contributed by atoms with Crippen LogP contribution in [0.3, 0.4) is 0 Å². The molecule has 9 heteroatoms. The van der Waals surface area contributed by atoms with Gasteiger partial charge in [-0.1, -0.05) is 17.8 Å². The predicted molar refractivity (Wildman–Crippen MR) is 127 cm³/mol. The van der Waals surface area contributed by atoms with Crippen LogP contribution in [0, 0.1) is 13.8 Å². The Morgan fingerprint density at radius 3 is 2.81 bits per heavy atom. The molecule has 3 heterocycles. The van der Waals surface area contributed by atoms with Crippen LogP contribution in [-0.2, 0) is 22.6 Å². The fourth-order valence-corrected chi connectivity index (χ4v) is 5.15. The summed E-state index contributed by atoms with van der Waals surface area (Å²) in [7, 11) is 1.69. The molecule has 0 radical (unpaired) electrons. The van der Waals surface area contributed by atoms with E-state index in [9.17, 15) is 4.79 Å². The molecule has 1 aliphatic rings. The molecule has 7 nitrogen and oxygen atoms in total. The Morgan fingerprint density at radius 2 is 2.06 bits per heavy atom. The minimum absolute atomic E-state index is 0.0108. The van der Waals surface area contributed by atoms with Crippen molar-refractivity contribution in [1.29, 1.82) is 0 Å². The van der Waals surface area contributed by atoms with Crippen molar-refractivity contribution < 1.29 is 19.0 Å². The zero-order valence-corrected chi connectivity index (χ0v) is 20.1. The van der Waals surface area contributed by atoms with Gasteiger partial charge in [-0.3, -0.25) is 4.79 Å². The Labute approximate surface area is 196 Å². The van der Waals surface area contributed by atoms with E-state index in [0.29, 0.717) is 44.4 Å². The minimum Gasteiger partial charge on any atom is -0.486 e. The van der Waals surface area contributed by atoms with Crippen LogP contribution in [0.5, 0.6) is 11.5 Å². The van der Waals surface area contributed by atoms with Gasteiger partial charge in [0.05, 0.1) is 24.6 Å². The number of rotatable bonds is 9. The summed E-state index contributed by atoms with van der Waals surface area (Å²) in [4.78, 5) is 21.0. The van der Waals surface area contributed by atoms with Gasteiger partial charge in [-0.2, -0.15) is 0 Å². The maximum atomic E-state index is 13.4. The van der Waals surface area contributed by atoms with Crippen molar-refractivity contribution in [3.05, 3.63) is 52.0 Å². The highest BCUT2D eigenvalue weighted by atomic mass is 32.2. The second-order valence-corrected chi connectivity index (χ2v) is 9.36. The Balaban J connectivity index is 1.54. The number of methoxy groups -OCH3 is 1. The third-order valence-electron chi connectivity index (χ3n) is 5.30. The van der Waals surface area contributed by atoms with Gasteiger partial charge in [0.1, 0.15) is 13.2 Å². The van der Waals surface area contributed by atoms with Gasteiger partial charge in [-0.05, 0) is 37.4 Å². The first-order valence-corrected chi connectivity index (χ1v) is 12.3. The first-order chi connectivity index (χ1) is 15.6. The number of ether oxygens (including phenoxy) is 3. The number of fused-ring (bicyclic) bond motifs is 1. The van der Waals surface area contributed by atoms with Crippen LogP contribution in [0.1, 0.15) is 16.3 Å². The van der Waals surface area contributed by atoms with Gasteiger partial charge in [0.15, 0.2) is 16.7 Å². The van der Waals surface area contributed by atoms with Crippen LogP contribution in [-0.4, -0.2) is 48.1 Å². The summed E-state index contributed by atoms with van der Waals surface area (Å²) >= 11 is 3.09. The minimum atomic E-state index is 0.0108. The number of amides is 1. The maximum absolute atomic E-state index is 13.4. The molecule has 0 atom stereocenters. The van der Waals surface area contributed by atoms with Crippen LogP contribution in [0.2, 0.25) is 0 Å². The summed E-state index contributed by atoms with van der Waals surface area (Å²) in [6, 6.07) is 9.71. The number of aromatic nitrogens is 2. The molecule has 0 unspecified atom stereocenters. The van der Waals surface area contributed by atoms with E-state index in [1.807, 2.05) is 49.6 Å². The van der Waals surface area contributed by atoms with E-state index in [2.05, 4.69) is 9.55 Å². The van der Waals surface area contributed by atoms with Crippen molar-refractivity contribution in [2.75, 3.05) is 37.6 Å². The molecule has 0 bridgehead atoms. The number of carbonyl (C=O) groups excluding carboxylic acids is 1. The van der Waals surface area contributed by atoms with E-state index in [-0.39, 0.29) is 11.7 Å². The average molecular weight is 474 g/mol. The highest BCUT2D eigenvalue weighted by Gasteiger charge is 2.22. The fourth-order valence-electron chi connectivity index (χ4n) is 3.47. The number of hydrogen-bond donors (Lipinski definition) is 0. The number of carbonyl (C=O) groups is 1. The number of hydrogen-bond acceptors (Lipinski definition) is 7. The Bertz CT molecular complexity index is 1070. The van der Waals surface area contributed by atoms with E-state index >= 15 is 0 Å². The summed E-state index contributed by atoms with van der Waals surface area (Å²) in [6.45, 7) is 6.89. The lowest BCUT2D eigenvalue weighted by Crippen LogP contribution is -2.32. The van der Waals surface area contributed by atoms with Crippen molar-refractivity contribution in [3.8, 4) is 11.5 Å². The molecule has 1 amide bonds. The Kier molecular flexibility index (Phi) is 7.39. The van der Waals surface area contributed by atoms with Crippen LogP contribution >= 0.6 is 23.1 Å². The number of aryl methyl sites for hydroxylation is 1. The van der Waals surface area contributed by atoms with Gasteiger partial charge in [-0.15, -0.1) is 11.3 Å². The molecule has 2 aromatic heterocycles. The third kappa shape index (κ3) is 5.11. The highest BCUT2D eigenvalue weighted by Crippen LogP contribution is 2.35. The standard InChI is InChI=1S/C23H27N3O4S2/c1-16-17(2)25(8-9-28-3)23(24-16)32-15-22(27)26(14-19-5-4-12-31-19)18-6-7-20-21(13-18)30-11-10-29-20/h4-7,12-13H,8-11,14-15H2,1-3H3. The molecule has 0 saturated heterocycles. The SMILES string of the molecule is COCCn1c(SCC(=O)N(Cc2cccs2)c2ccc3c(c2)OCCO3)nc(C)c1C. The quantitative estimate of drug-likeness (QED) is 0.432. The van der Waals surface area contributed by atoms with E-state index in [4.69, 9.17) is 14.2 Å². The lowest BCUT2D eigenvalue weighted by Gasteiger charge is -2.25. The molecule has 0 spiro atoms. The summed E-state index contributed by atoms with van der Waals surface area (Å²) < 4.78 is 18.7. The van der Waals surface area contributed by atoms with Gasteiger partial charge < -0.3 is 23.7 Å². The largest absolute Gasteiger partial charge is 0.486 e. The van der Waals surface area contributed by atoms with Crippen LogP contribution < -0.4 is 14.4 Å². The summed E-state index contributed by atoms with van der Waals surface area (Å²) in [5, 5.41) is 2.86. The van der Waals surface area contributed by atoms with Crippen molar-refractivity contribution in [2.24, 2.45) is 0 Å². The van der Waals surface area contributed by atoms with E-state index in [1.54, 1.807) is 23.3 Å². The first-order valence-electron chi connectivity index (χ1n) is 10.4. The average Bonchev–Trinajstić information content (AvgIpc) is 3.42. The number of benzene rings is 1. The number of anilines is 1. The smallest absolute Gasteiger partial charge is 0.237 e. The normalized spacial score (nSPS) is 12.7. The summed E-state index contributed by atoms with van der Waals surface area (Å²) in [5.41, 5.74) is 2.86. The van der Waals surface area contributed by atoms with Gasteiger partial charge in [0.2, 0.25) is 5.91 Å². The summed E-state index contributed by atoms with van der Waals surface area (Å²) in [6.07, 6.45) is 0. The monoisotopic (exact) mass is 473 g/mol. The zero-order chi connectivity index (χ0) is 22.5. The van der Waals surface area contributed by atoms with E-state index < -0.39 is 0 Å². The zero-order valence-electron chi connectivity index (χ0n) is 18.5. The molecule has 0 saturated carbocycles. The summed E-state index contributed by atoms with van der Waals surface area (Å²) in [5.74, 6) is 1.68. The molecule has 170 valence electrons. The molecule has 0 aliphatic carbocycles. The highest BCUT2D eigenvalue weighted by molar-refractivity contribution is 7.99.